The molecule has 0 fully saturated rings. The Balaban J connectivity index is 1.62. The number of nitro benzene ring substituents is 1. The Morgan fingerprint density at radius 3 is 2.67 bits per heavy atom. The Bertz CT molecular complexity index is 1370. The van der Waals surface area contributed by atoms with Gasteiger partial charge >= 0.3 is 0 Å². The number of hydrogen-bond acceptors (Lipinski definition) is 6. The first-order valence-electron chi connectivity index (χ1n) is 8.46. The van der Waals surface area contributed by atoms with E-state index in [9.17, 15) is 20.0 Å². The third kappa shape index (κ3) is 3.68. The van der Waals surface area contributed by atoms with Crippen LogP contribution in [0.15, 0.2) is 53.6 Å². The molecule has 2 N–H and O–H groups in total. The minimum Gasteiger partial charge on any atom is -0.507 e. The van der Waals surface area contributed by atoms with E-state index in [0.717, 1.165) is 4.70 Å². The van der Waals surface area contributed by atoms with Crippen molar-refractivity contribution in [1.82, 2.24) is 5.43 Å². The van der Waals surface area contributed by atoms with E-state index in [1.165, 1.54) is 41.8 Å². The summed E-state index contributed by atoms with van der Waals surface area (Å²) in [6.07, 6.45) is 1.28. The molecule has 3 aromatic carbocycles. The zero-order chi connectivity index (χ0) is 21.4. The van der Waals surface area contributed by atoms with Gasteiger partial charge in [0.15, 0.2) is 0 Å². The van der Waals surface area contributed by atoms with Gasteiger partial charge in [-0.15, -0.1) is 11.3 Å². The summed E-state index contributed by atoms with van der Waals surface area (Å²) in [4.78, 5) is 23.2. The van der Waals surface area contributed by atoms with E-state index in [1.807, 2.05) is 0 Å². The van der Waals surface area contributed by atoms with Gasteiger partial charge in [-0.2, -0.15) is 5.10 Å². The zero-order valence-corrected chi connectivity index (χ0v) is 17.3. The predicted molar refractivity (Wildman–Crippen MR) is 119 cm³/mol. The molecule has 1 heterocycles. The van der Waals surface area contributed by atoms with Crippen LogP contribution in [0.3, 0.4) is 0 Å². The lowest BCUT2D eigenvalue weighted by Gasteiger charge is -2.05. The molecule has 0 saturated heterocycles. The van der Waals surface area contributed by atoms with Crippen molar-refractivity contribution in [2.24, 2.45) is 5.10 Å². The number of non-ortho nitro benzene ring substituents is 1. The molecule has 0 bridgehead atoms. The van der Waals surface area contributed by atoms with Crippen LogP contribution in [0, 0.1) is 10.1 Å². The number of thiophene rings is 1. The monoisotopic (exact) mass is 459 g/mol. The minimum atomic E-state index is -0.510. The summed E-state index contributed by atoms with van der Waals surface area (Å²) in [5.41, 5.74) is 2.64. The topological polar surface area (TPSA) is 105 Å². The van der Waals surface area contributed by atoms with Crippen molar-refractivity contribution >= 4 is 73.2 Å². The molecule has 7 nitrogen and oxygen atoms in total. The molecule has 0 aliphatic heterocycles. The van der Waals surface area contributed by atoms with E-state index in [0.29, 0.717) is 31.8 Å². The summed E-state index contributed by atoms with van der Waals surface area (Å²) < 4.78 is 0.773. The number of phenolic OH excluding ortho intramolecular Hbond substituents is 1. The first kappa shape index (κ1) is 20.1. The molecule has 0 unspecified atom stereocenters. The number of carbonyl (C=O) groups is 1. The van der Waals surface area contributed by atoms with Gasteiger partial charge in [-0.3, -0.25) is 14.9 Å². The molecule has 0 atom stereocenters. The van der Waals surface area contributed by atoms with Gasteiger partial charge in [-0.1, -0.05) is 35.3 Å². The fourth-order valence-corrected chi connectivity index (χ4v) is 4.65. The van der Waals surface area contributed by atoms with Crippen LogP contribution in [0.2, 0.25) is 10.0 Å². The molecule has 1 aromatic heterocycles. The summed E-state index contributed by atoms with van der Waals surface area (Å²) in [5, 5.41) is 27.7. The molecule has 0 saturated carbocycles. The second-order valence-electron chi connectivity index (χ2n) is 6.25. The molecular weight excluding hydrogens is 449 g/mol. The Hall–Kier alpha value is -3.20. The fourth-order valence-electron chi connectivity index (χ4n) is 2.97. The van der Waals surface area contributed by atoms with Gasteiger partial charge < -0.3 is 5.11 Å². The largest absolute Gasteiger partial charge is 0.507 e. The van der Waals surface area contributed by atoms with Gasteiger partial charge in [-0.25, -0.2) is 5.43 Å². The number of nitrogens with zero attached hydrogens (tertiary/aromatic N) is 2. The summed E-state index contributed by atoms with van der Waals surface area (Å²) in [5.74, 6) is -0.590. The number of phenols is 1. The number of hydrogen-bond donors (Lipinski definition) is 2. The third-order valence-electron chi connectivity index (χ3n) is 4.39. The third-order valence-corrected chi connectivity index (χ3v) is 6.28. The van der Waals surface area contributed by atoms with Gasteiger partial charge in [0, 0.05) is 32.8 Å². The van der Waals surface area contributed by atoms with Gasteiger partial charge in [-0.05, 0) is 35.0 Å². The van der Waals surface area contributed by atoms with E-state index < -0.39 is 10.8 Å². The highest BCUT2D eigenvalue weighted by molar-refractivity contribution is 7.21. The number of hydrazone groups is 1. The van der Waals surface area contributed by atoms with Crippen molar-refractivity contribution < 1.29 is 14.8 Å². The number of carbonyl (C=O) groups excluding carboxylic acids is 1. The smallest absolute Gasteiger partial charge is 0.283 e. The number of amides is 1. The number of benzene rings is 3. The predicted octanol–water partition coefficient (Wildman–Crippen LogP) is 5.74. The van der Waals surface area contributed by atoms with Gasteiger partial charge in [0.05, 0.1) is 16.2 Å². The molecule has 0 aliphatic rings. The van der Waals surface area contributed by atoms with Crippen LogP contribution < -0.4 is 5.43 Å². The Morgan fingerprint density at radius 1 is 1.13 bits per heavy atom. The summed E-state index contributed by atoms with van der Waals surface area (Å²) in [7, 11) is 0. The lowest BCUT2D eigenvalue weighted by atomic mass is 10.0. The quantitative estimate of drug-likeness (QED) is 0.230. The number of aromatic hydroxyl groups is 1. The number of rotatable bonds is 4. The van der Waals surface area contributed by atoms with Crippen LogP contribution in [0.25, 0.3) is 20.9 Å². The summed E-state index contributed by atoms with van der Waals surface area (Å²) >= 11 is 13.5. The highest BCUT2D eigenvalue weighted by Gasteiger charge is 2.17. The highest BCUT2D eigenvalue weighted by Crippen LogP contribution is 2.36. The van der Waals surface area contributed by atoms with Crippen molar-refractivity contribution in [1.29, 1.82) is 0 Å². The van der Waals surface area contributed by atoms with E-state index in [1.54, 1.807) is 24.3 Å². The van der Waals surface area contributed by atoms with Crippen molar-refractivity contribution in [2.45, 2.75) is 0 Å². The van der Waals surface area contributed by atoms with Crippen molar-refractivity contribution in [3.05, 3.63) is 79.1 Å². The number of halogens is 2. The van der Waals surface area contributed by atoms with E-state index in [4.69, 9.17) is 23.2 Å². The lowest BCUT2D eigenvalue weighted by molar-refractivity contribution is -0.384. The molecule has 0 radical (unpaired) electrons. The molecule has 0 spiro atoms. The maximum atomic E-state index is 12.5. The van der Waals surface area contributed by atoms with Crippen molar-refractivity contribution in [3.63, 3.8) is 0 Å². The standard InChI is InChI=1S/C20H11Cl2N3O4S/c21-11-2-4-14-17(8-11)30-19(18(14)22)20(27)24-23-9-15-13-5-3-12(25(28)29)7-10(13)1-6-16(15)26/h1-9,26H,(H,24,27)/b23-9+. The molecule has 150 valence electrons. The second-order valence-corrected chi connectivity index (χ2v) is 8.11. The SMILES string of the molecule is O=C(N/N=C/c1c(O)ccc2cc([N+](=O)[O-])ccc12)c1sc2cc(Cl)ccc2c1Cl. The summed E-state index contributed by atoms with van der Waals surface area (Å²) in [6.45, 7) is 0. The van der Waals surface area contributed by atoms with Gasteiger partial charge in [0.1, 0.15) is 10.6 Å². The number of nitrogens with one attached hydrogen (secondary N) is 1. The Kier molecular flexibility index (Phi) is 5.29. The van der Waals surface area contributed by atoms with Crippen LogP contribution in [0.4, 0.5) is 5.69 Å². The zero-order valence-electron chi connectivity index (χ0n) is 14.9. The average Bonchev–Trinajstić information content (AvgIpc) is 3.04. The van der Waals surface area contributed by atoms with E-state index in [-0.39, 0.29) is 16.3 Å². The maximum absolute atomic E-state index is 12.5. The Morgan fingerprint density at radius 2 is 1.90 bits per heavy atom. The number of fused-ring (bicyclic) bond motifs is 2. The number of nitro groups is 1. The molecule has 30 heavy (non-hydrogen) atoms. The molecule has 4 rings (SSSR count). The summed E-state index contributed by atoms with van der Waals surface area (Å²) in [6, 6.07) is 12.4. The lowest BCUT2D eigenvalue weighted by Crippen LogP contribution is -2.16. The van der Waals surface area contributed by atoms with Crippen LogP contribution >= 0.6 is 34.5 Å². The van der Waals surface area contributed by atoms with Crippen LogP contribution in [0.5, 0.6) is 5.75 Å². The van der Waals surface area contributed by atoms with Gasteiger partial charge in [0.25, 0.3) is 11.6 Å². The van der Waals surface area contributed by atoms with Crippen LogP contribution in [-0.4, -0.2) is 22.2 Å². The van der Waals surface area contributed by atoms with Crippen molar-refractivity contribution in [2.75, 3.05) is 0 Å². The first-order valence-corrected chi connectivity index (χ1v) is 10.0. The first-order chi connectivity index (χ1) is 14.3. The van der Waals surface area contributed by atoms with Crippen LogP contribution in [-0.2, 0) is 0 Å². The van der Waals surface area contributed by atoms with E-state index in [2.05, 4.69) is 10.5 Å². The highest BCUT2D eigenvalue weighted by atomic mass is 35.5. The molecule has 4 aromatic rings. The second kappa shape index (κ2) is 7.91. The van der Waals surface area contributed by atoms with E-state index >= 15 is 0 Å². The van der Waals surface area contributed by atoms with Gasteiger partial charge in [0.2, 0.25) is 0 Å². The fraction of sp³-hybridized carbons (Fsp3) is 0. The maximum Gasteiger partial charge on any atom is 0.283 e. The molecule has 10 heteroatoms. The normalized spacial score (nSPS) is 11.4. The Labute approximate surface area is 183 Å². The van der Waals surface area contributed by atoms with Crippen molar-refractivity contribution in [3.8, 4) is 5.75 Å². The average molecular weight is 460 g/mol. The minimum absolute atomic E-state index is 0.0658. The van der Waals surface area contributed by atoms with Crippen LogP contribution in [0.1, 0.15) is 15.2 Å². The molecule has 0 aliphatic carbocycles. The molecular formula is C20H11Cl2N3O4S. The molecule has 1 amide bonds.